The highest BCUT2D eigenvalue weighted by atomic mass is 79.9. The average Bonchev–Trinajstić information content (AvgIpc) is 2.85. The van der Waals surface area contributed by atoms with E-state index in [1.165, 1.54) is 5.56 Å². The van der Waals surface area contributed by atoms with E-state index in [0.29, 0.717) is 6.04 Å². The van der Waals surface area contributed by atoms with Crippen molar-refractivity contribution in [3.63, 3.8) is 0 Å². The van der Waals surface area contributed by atoms with Gasteiger partial charge < -0.3 is 15.0 Å². The van der Waals surface area contributed by atoms with Gasteiger partial charge in [-0.2, -0.15) is 0 Å². The van der Waals surface area contributed by atoms with Crippen LogP contribution in [0.2, 0.25) is 0 Å². The summed E-state index contributed by atoms with van der Waals surface area (Å²) in [5, 5.41) is 3.46. The molecular formula is C15H24BrN3O. The van der Waals surface area contributed by atoms with Crippen molar-refractivity contribution < 1.29 is 4.74 Å². The number of anilines is 1. The molecule has 1 aromatic rings. The van der Waals surface area contributed by atoms with Gasteiger partial charge in [0.2, 0.25) is 0 Å². The van der Waals surface area contributed by atoms with Crippen LogP contribution in [0.1, 0.15) is 32.3 Å². The van der Waals surface area contributed by atoms with Gasteiger partial charge in [0.15, 0.2) is 0 Å². The van der Waals surface area contributed by atoms with Crippen LogP contribution in [-0.4, -0.2) is 37.3 Å². The molecule has 5 heteroatoms. The molecule has 2 rings (SSSR count). The number of aromatic nitrogens is 1. The molecule has 0 bridgehead atoms. The van der Waals surface area contributed by atoms with Crippen molar-refractivity contribution in [2.45, 2.75) is 45.4 Å². The average molecular weight is 342 g/mol. The fourth-order valence-corrected chi connectivity index (χ4v) is 3.09. The van der Waals surface area contributed by atoms with Gasteiger partial charge in [0.25, 0.3) is 0 Å². The number of nitrogens with zero attached hydrogens (tertiary/aromatic N) is 2. The van der Waals surface area contributed by atoms with E-state index < -0.39 is 0 Å². The molecule has 2 heterocycles. The zero-order valence-electron chi connectivity index (χ0n) is 12.5. The summed E-state index contributed by atoms with van der Waals surface area (Å²) >= 11 is 3.52. The van der Waals surface area contributed by atoms with Gasteiger partial charge in [-0.1, -0.05) is 6.92 Å². The van der Waals surface area contributed by atoms with Crippen LogP contribution in [0.25, 0.3) is 0 Å². The largest absolute Gasteiger partial charge is 0.376 e. The standard InChI is InChI=1S/C15H24BrN3O/c1-4-6-17-9-12-8-13(16)10-18-15(12)19(3)14-5-7-20-11(14)2/h8,10-11,14,17H,4-7,9H2,1-3H3. The molecule has 0 amide bonds. The third kappa shape index (κ3) is 3.71. The number of hydrogen-bond donors (Lipinski definition) is 1. The van der Waals surface area contributed by atoms with E-state index in [1.54, 1.807) is 0 Å². The van der Waals surface area contributed by atoms with Crippen LogP contribution < -0.4 is 10.2 Å². The molecule has 112 valence electrons. The number of ether oxygens (including phenoxy) is 1. The number of nitrogens with one attached hydrogen (secondary N) is 1. The Kier molecular flexibility index (Phi) is 5.81. The highest BCUT2D eigenvalue weighted by Gasteiger charge is 2.29. The summed E-state index contributed by atoms with van der Waals surface area (Å²) in [4.78, 5) is 6.89. The van der Waals surface area contributed by atoms with E-state index in [-0.39, 0.29) is 6.10 Å². The molecule has 1 aromatic heterocycles. The Morgan fingerprint density at radius 3 is 3.00 bits per heavy atom. The summed E-state index contributed by atoms with van der Waals surface area (Å²) in [7, 11) is 2.12. The van der Waals surface area contributed by atoms with Crippen LogP contribution in [0, 0.1) is 0 Å². The first-order valence-corrected chi connectivity index (χ1v) is 8.12. The Morgan fingerprint density at radius 1 is 1.55 bits per heavy atom. The van der Waals surface area contributed by atoms with Crippen LogP contribution in [0.3, 0.4) is 0 Å². The molecule has 20 heavy (non-hydrogen) atoms. The minimum absolute atomic E-state index is 0.266. The van der Waals surface area contributed by atoms with E-state index >= 15 is 0 Å². The van der Waals surface area contributed by atoms with E-state index in [4.69, 9.17) is 4.74 Å². The predicted octanol–water partition coefficient (Wildman–Crippen LogP) is 2.96. The van der Waals surface area contributed by atoms with Crippen LogP contribution in [0.15, 0.2) is 16.7 Å². The Bertz CT molecular complexity index is 441. The molecule has 1 N–H and O–H groups in total. The number of likely N-dealkylation sites (N-methyl/N-ethyl adjacent to an activating group) is 1. The van der Waals surface area contributed by atoms with E-state index in [1.807, 2.05) is 6.20 Å². The number of rotatable bonds is 6. The lowest BCUT2D eigenvalue weighted by Crippen LogP contribution is -2.38. The SMILES string of the molecule is CCCNCc1cc(Br)cnc1N(C)C1CCOC1C. The highest BCUT2D eigenvalue weighted by molar-refractivity contribution is 9.10. The maximum absolute atomic E-state index is 5.68. The van der Waals surface area contributed by atoms with Gasteiger partial charge in [-0.05, 0) is 48.3 Å². The van der Waals surface area contributed by atoms with Crippen LogP contribution in [-0.2, 0) is 11.3 Å². The maximum Gasteiger partial charge on any atom is 0.133 e. The van der Waals surface area contributed by atoms with Crippen molar-refractivity contribution in [3.05, 3.63) is 22.3 Å². The first-order valence-electron chi connectivity index (χ1n) is 7.33. The second-order valence-electron chi connectivity index (χ2n) is 5.36. The van der Waals surface area contributed by atoms with Gasteiger partial charge in [-0.25, -0.2) is 4.98 Å². The van der Waals surface area contributed by atoms with Gasteiger partial charge in [0.05, 0.1) is 12.1 Å². The van der Waals surface area contributed by atoms with Crippen molar-refractivity contribution in [3.8, 4) is 0 Å². The first-order chi connectivity index (χ1) is 9.63. The van der Waals surface area contributed by atoms with Crippen molar-refractivity contribution in [2.75, 3.05) is 25.1 Å². The molecule has 1 saturated heterocycles. The summed E-state index contributed by atoms with van der Waals surface area (Å²) in [6.45, 7) is 7.04. The minimum Gasteiger partial charge on any atom is -0.376 e. The molecule has 2 unspecified atom stereocenters. The minimum atomic E-state index is 0.266. The lowest BCUT2D eigenvalue weighted by atomic mass is 10.1. The van der Waals surface area contributed by atoms with Gasteiger partial charge in [-0.3, -0.25) is 0 Å². The number of hydrogen-bond acceptors (Lipinski definition) is 4. The molecule has 0 aromatic carbocycles. The van der Waals surface area contributed by atoms with E-state index in [0.717, 1.165) is 42.8 Å². The molecule has 0 spiro atoms. The van der Waals surface area contributed by atoms with Gasteiger partial charge >= 0.3 is 0 Å². The third-order valence-electron chi connectivity index (χ3n) is 3.82. The molecule has 2 atom stereocenters. The molecular weight excluding hydrogens is 318 g/mol. The van der Waals surface area contributed by atoms with Gasteiger partial charge in [-0.15, -0.1) is 0 Å². The molecule has 1 fully saturated rings. The van der Waals surface area contributed by atoms with Crippen LogP contribution in [0.4, 0.5) is 5.82 Å². The highest BCUT2D eigenvalue weighted by Crippen LogP contribution is 2.27. The fourth-order valence-electron chi connectivity index (χ4n) is 2.71. The maximum atomic E-state index is 5.68. The topological polar surface area (TPSA) is 37.4 Å². The Hall–Kier alpha value is -0.650. The second-order valence-corrected chi connectivity index (χ2v) is 6.27. The zero-order chi connectivity index (χ0) is 14.5. The Morgan fingerprint density at radius 2 is 2.35 bits per heavy atom. The number of pyridine rings is 1. The van der Waals surface area contributed by atoms with Gasteiger partial charge in [0.1, 0.15) is 5.82 Å². The van der Waals surface area contributed by atoms with Crippen LogP contribution >= 0.6 is 15.9 Å². The third-order valence-corrected chi connectivity index (χ3v) is 4.25. The zero-order valence-corrected chi connectivity index (χ0v) is 14.1. The Balaban J connectivity index is 2.16. The summed E-state index contributed by atoms with van der Waals surface area (Å²) < 4.78 is 6.70. The van der Waals surface area contributed by atoms with Crippen molar-refractivity contribution >= 4 is 21.7 Å². The summed E-state index contributed by atoms with van der Waals surface area (Å²) in [5.74, 6) is 1.05. The molecule has 0 radical (unpaired) electrons. The second kappa shape index (κ2) is 7.38. The fraction of sp³-hybridized carbons (Fsp3) is 0.667. The lowest BCUT2D eigenvalue weighted by Gasteiger charge is -2.29. The summed E-state index contributed by atoms with van der Waals surface area (Å²) in [6, 6.07) is 2.57. The predicted molar refractivity (Wildman–Crippen MR) is 86.2 cm³/mol. The first kappa shape index (κ1) is 15.7. The summed E-state index contributed by atoms with van der Waals surface area (Å²) in [6.07, 6.45) is 4.34. The monoisotopic (exact) mass is 341 g/mol. The van der Waals surface area contributed by atoms with Crippen molar-refractivity contribution in [2.24, 2.45) is 0 Å². The van der Waals surface area contributed by atoms with Crippen molar-refractivity contribution in [1.29, 1.82) is 0 Å². The molecule has 0 saturated carbocycles. The van der Waals surface area contributed by atoms with E-state index in [9.17, 15) is 0 Å². The Labute approximate surface area is 130 Å². The molecule has 4 nitrogen and oxygen atoms in total. The van der Waals surface area contributed by atoms with E-state index in [2.05, 4.69) is 58.1 Å². The molecule has 0 aliphatic carbocycles. The molecule has 1 aliphatic rings. The lowest BCUT2D eigenvalue weighted by molar-refractivity contribution is 0.118. The molecule has 1 aliphatic heterocycles. The van der Waals surface area contributed by atoms with Crippen LogP contribution in [0.5, 0.6) is 0 Å². The van der Waals surface area contributed by atoms with Gasteiger partial charge in [0, 0.05) is 36.4 Å². The smallest absolute Gasteiger partial charge is 0.133 e. The summed E-state index contributed by atoms with van der Waals surface area (Å²) in [5.41, 5.74) is 1.23. The van der Waals surface area contributed by atoms with Crippen molar-refractivity contribution in [1.82, 2.24) is 10.3 Å². The quantitative estimate of drug-likeness (QED) is 0.807. The normalized spacial score (nSPS) is 22.2. The number of halogens is 1.